The maximum absolute atomic E-state index is 14.4. The van der Waals surface area contributed by atoms with E-state index in [1.165, 1.54) is 25.3 Å². The van der Waals surface area contributed by atoms with E-state index in [0.29, 0.717) is 22.2 Å². The van der Waals surface area contributed by atoms with E-state index in [1.54, 1.807) is 31.3 Å². The van der Waals surface area contributed by atoms with E-state index in [9.17, 15) is 13.6 Å². The predicted molar refractivity (Wildman–Crippen MR) is 108 cm³/mol. The van der Waals surface area contributed by atoms with Gasteiger partial charge in [-0.05, 0) is 49.7 Å². The van der Waals surface area contributed by atoms with Crippen LogP contribution in [0.1, 0.15) is 24.1 Å². The van der Waals surface area contributed by atoms with Crippen molar-refractivity contribution in [3.05, 3.63) is 53.2 Å². The fourth-order valence-corrected chi connectivity index (χ4v) is 3.20. The lowest BCUT2D eigenvalue weighted by molar-refractivity contribution is -0.119. The van der Waals surface area contributed by atoms with Crippen LogP contribution in [0.4, 0.5) is 14.5 Å². The molecule has 0 spiro atoms. The van der Waals surface area contributed by atoms with Gasteiger partial charge >= 0.3 is 0 Å². The lowest BCUT2D eigenvalue weighted by atomic mass is 10.1. The van der Waals surface area contributed by atoms with Gasteiger partial charge in [0.25, 0.3) is 0 Å². The summed E-state index contributed by atoms with van der Waals surface area (Å²) in [5.74, 6) is -1.10. The van der Waals surface area contributed by atoms with Gasteiger partial charge in [0, 0.05) is 11.5 Å². The van der Waals surface area contributed by atoms with Gasteiger partial charge in [-0.15, -0.1) is 0 Å². The highest BCUT2D eigenvalue weighted by Gasteiger charge is 2.48. The number of carbonyl (C=O) groups is 1. The average Bonchev–Trinajstić information content (AvgIpc) is 3.43. The molecular formula is C21H20F2N4O2. The Labute approximate surface area is 165 Å². The predicted octanol–water partition coefficient (Wildman–Crippen LogP) is 3.71. The topological polar surface area (TPSA) is 79.0 Å². The average molecular weight is 398 g/mol. The Kier molecular flexibility index (Phi) is 4.79. The van der Waals surface area contributed by atoms with Crippen LogP contribution < -0.4 is 15.4 Å². The first-order valence-corrected chi connectivity index (χ1v) is 9.15. The van der Waals surface area contributed by atoms with Crippen molar-refractivity contribution in [1.82, 2.24) is 15.5 Å². The van der Waals surface area contributed by atoms with Gasteiger partial charge < -0.3 is 15.4 Å². The van der Waals surface area contributed by atoms with E-state index >= 15 is 0 Å². The van der Waals surface area contributed by atoms with E-state index in [4.69, 9.17) is 4.74 Å². The molecule has 0 unspecified atom stereocenters. The molecule has 1 aliphatic rings. The first kappa shape index (κ1) is 19.1. The minimum atomic E-state index is -0.612. The van der Waals surface area contributed by atoms with Gasteiger partial charge in [-0.2, -0.15) is 5.10 Å². The van der Waals surface area contributed by atoms with Gasteiger partial charge in [0.05, 0.1) is 29.5 Å². The van der Waals surface area contributed by atoms with Crippen LogP contribution in [-0.4, -0.2) is 35.8 Å². The maximum Gasteiger partial charge on any atom is 0.244 e. The summed E-state index contributed by atoms with van der Waals surface area (Å²) in [7, 11) is 3.12. The number of rotatable bonds is 6. The van der Waals surface area contributed by atoms with Crippen molar-refractivity contribution in [1.29, 1.82) is 0 Å². The van der Waals surface area contributed by atoms with Crippen LogP contribution in [0.5, 0.6) is 5.75 Å². The number of benzene rings is 2. The first-order chi connectivity index (χ1) is 14.0. The monoisotopic (exact) mass is 398 g/mol. The number of nitrogens with zero attached hydrogens (tertiary/aromatic N) is 1. The molecule has 1 heterocycles. The minimum absolute atomic E-state index is 0.0931. The summed E-state index contributed by atoms with van der Waals surface area (Å²) in [6, 6.07) is 7.44. The Morgan fingerprint density at radius 2 is 2.00 bits per heavy atom. The third kappa shape index (κ3) is 3.58. The minimum Gasteiger partial charge on any atom is -0.494 e. The van der Waals surface area contributed by atoms with Gasteiger partial charge in [-0.25, -0.2) is 8.78 Å². The van der Waals surface area contributed by atoms with Crippen molar-refractivity contribution >= 4 is 34.6 Å². The molecule has 6 nitrogen and oxygen atoms in total. The van der Waals surface area contributed by atoms with Crippen molar-refractivity contribution < 1.29 is 18.3 Å². The number of H-pyrrole nitrogens is 1. The second-order valence-electron chi connectivity index (χ2n) is 7.00. The zero-order valence-corrected chi connectivity index (χ0v) is 16.0. The number of aromatic nitrogens is 2. The summed E-state index contributed by atoms with van der Waals surface area (Å²) in [4.78, 5) is 12.4. The molecule has 8 heteroatoms. The van der Waals surface area contributed by atoms with Crippen molar-refractivity contribution in [3.63, 3.8) is 0 Å². The molecule has 2 aromatic carbocycles. The molecule has 0 atom stereocenters. The summed E-state index contributed by atoms with van der Waals surface area (Å²) in [6.07, 6.45) is 4.83. The van der Waals surface area contributed by atoms with Gasteiger partial charge in [0.2, 0.25) is 5.91 Å². The number of nitrogens with one attached hydrogen (secondary N) is 3. The van der Waals surface area contributed by atoms with E-state index in [-0.39, 0.29) is 17.3 Å². The zero-order valence-electron chi connectivity index (χ0n) is 16.0. The third-order valence-corrected chi connectivity index (χ3v) is 5.20. The molecule has 1 aliphatic carbocycles. The van der Waals surface area contributed by atoms with E-state index in [2.05, 4.69) is 20.8 Å². The molecule has 0 radical (unpaired) electrons. The van der Waals surface area contributed by atoms with E-state index < -0.39 is 17.2 Å². The van der Waals surface area contributed by atoms with Gasteiger partial charge in [0.1, 0.15) is 5.82 Å². The van der Waals surface area contributed by atoms with Gasteiger partial charge in [-0.1, -0.05) is 12.1 Å². The number of hydrogen-bond acceptors (Lipinski definition) is 4. The van der Waals surface area contributed by atoms with Crippen LogP contribution in [0.2, 0.25) is 0 Å². The van der Waals surface area contributed by atoms with Gasteiger partial charge in [-0.3, -0.25) is 9.89 Å². The lowest BCUT2D eigenvalue weighted by Crippen LogP contribution is -2.40. The zero-order chi connectivity index (χ0) is 20.6. The number of halogens is 2. The van der Waals surface area contributed by atoms with Crippen LogP contribution in [0.25, 0.3) is 23.1 Å². The molecule has 1 aromatic heterocycles. The molecule has 3 N–H and O–H groups in total. The Hall–Kier alpha value is -3.26. The molecule has 4 rings (SSSR count). The molecule has 3 aromatic rings. The van der Waals surface area contributed by atoms with E-state index in [0.717, 1.165) is 12.8 Å². The molecule has 0 aliphatic heterocycles. The SMILES string of the molecule is CNC1(C(=O)Nc2cc3c(C=Cc4ccc(OC)c(F)c4)n[nH]c3cc2F)CC1. The number of methoxy groups -OCH3 is 1. The summed E-state index contributed by atoms with van der Waals surface area (Å²) >= 11 is 0. The smallest absolute Gasteiger partial charge is 0.244 e. The van der Waals surface area contributed by atoms with Crippen LogP contribution in [0.3, 0.4) is 0 Å². The fourth-order valence-electron chi connectivity index (χ4n) is 3.20. The molecule has 1 fully saturated rings. The Balaban J connectivity index is 1.62. The highest BCUT2D eigenvalue weighted by molar-refractivity contribution is 6.02. The number of aromatic amines is 1. The van der Waals surface area contributed by atoms with Crippen molar-refractivity contribution in [2.75, 3.05) is 19.5 Å². The van der Waals surface area contributed by atoms with Crippen LogP contribution in [0.15, 0.2) is 30.3 Å². The van der Waals surface area contributed by atoms with Crippen molar-refractivity contribution in [2.45, 2.75) is 18.4 Å². The fraction of sp³-hybridized carbons (Fsp3) is 0.238. The third-order valence-electron chi connectivity index (χ3n) is 5.20. The van der Waals surface area contributed by atoms with Crippen molar-refractivity contribution in [3.8, 4) is 5.75 Å². The van der Waals surface area contributed by atoms with E-state index in [1.807, 2.05) is 0 Å². The largest absolute Gasteiger partial charge is 0.494 e. The second kappa shape index (κ2) is 7.29. The number of ether oxygens (including phenoxy) is 1. The summed E-state index contributed by atoms with van der Waals surface area (Å²) < 4.78 is 33.2. The number of anilines is 1. The molecule has 0 bridgehead atoms. The van der Waals surface area contributed by atoms with Crippen LogP contribution in [-0.2, 0) is 4.79 Å². The summed E-state index contributed by atoms with van der Waals surface area (Å²) in [5.41, 5.74) is 1.14. The normalized spacial score (nSPS) is 15.0. The Bertz CT molecular complexity index is 1120. The Morgan fingerprint density at radius 3 is 2.66 bits per heavy atom. The highest BCUT2D eigenvalue weighted by Crippen LogP contribution is 2.36. The molecule has 150 valence electrons. The summed E-state index contributed by atoms with van der Waals surface area (Å²) in [6.45, 7) is 0. The molecule has 1 amide bonds. The molecule has 29 heavy (non-hydrogen) atoms. The number of carbonyl (C=O) groups excluding carboxylic acids is 1. The van der Waals surface area contributed by atoms with Crippen molar-refractivity contribution in [2.24, 2.45) is 0 Å². The lowest BCUT2D eigenvalue weighted by Gasteiger charge is -2.14. The molecular weight excluding hydrogens is 378 g/mol. The van der Waals surface area contributed by atoms with Gasteiger partial charge in [0.15, 0.2) is 11.6 Å². The number of fused-ring (bicyclic) bond motifs is 1. The molecule has 1 saturated carbocycles. The van der Waals surface area contributed by atoms with Crippen LogP contribution in [0, 0.1) is 11.6 Å². The van der Waals surface area contributed by atoms with Crippen LogP contribution >= 0.6 is 0 Å². The standard InChI is InChI=1S/C21H20F2N4O2/c1-24-21(7-8-21)20(28)25-18-10-13-16(26-27-17(13)11-14(18)22)5-3-12-4-6-19(29-2)15(23)9-12/h3-6,9-11,24H,7-8H2,1-2H3,(H,25,28)(H,26,27). The number of hydrogen-bond donors (Lipinski definition) is 3. The second-order valence-corrected chi connectivity index (χ2v) is 7.00. The Morgan fingerprint density at radius 1 is 1.21 bits per heavy atom. The summed E-state index contributed by atoms with van der Waals surface area (Å²) in [5, 5.41) is 13.2. The quantitative estimate of drug-likeness (QED) is 0.592. The highest BCUT2D eigenvalue weighted by atomic mass is 19.1. The number of likely N-dealkylation sites (N-methyl/N-ethyl adjacent to an activating group) is 1. The maximum atomic E-state index is 14.4. The number of amides is 1. The first-order valence-electron chi connectivity index (χ1n) is 9.15. The molecule has 0 saturated heterocycles.